The van der Waals surface area contributed by atoms with Gasteiger partial charge in [-0.05, 0) is 106 Å². The van der Waals surface area contributed by atoms with Crippen molar-refractivity contribution in [2.24, 2.45) is 0 Å². The Morgan fingerprint density at radius 1 is 1.19 bits per heavy atom. The first-order valence-electron chi connectivity index (χ1n) is 10.4. The van der Waals surface area contributed by atoms with E-state index in [9.17, 15) is 28.6 Å². The van der Waals surface area contributed by atoms with Gasteiger partial charge in [0.25, 0.3) is 11.6 Å². The summed E-state index contributed by atoms with van der Waals surface area (Å²) in [6.07, 6.45) is 1.32. The summed E-state index contributed by atoms with van der Waals surface area (Å²) in [7, 11) is -4.38. The number of carbonyl (C=O) groups excluding carboxylic acids is 1. The van der Waals surface area contributed by atoms with E-state index in [0.29, 0.717) is 11.3 Å². The van der Waals surface area contributed by atoms with Crippen LogP contribution in [0.25, 0.3) is 6.08 Å². The summed E-state index contributed by atoms with van der Waals surface area (Å²) >= 11 is 5.39. The molecule has 13 heteroatoms. The monoisotopic (exact) mass is 697 g/mol. The fourth-order valence-electron chi connectivity index (χ4n) is 2.95. The average molecular weight is 698 g/mol. The van der Waals surface area contributed by atoms with Gasteiger partial charge in [0.2, 0.25) is 0 Å². The zero-order valence-electron chi connectivity index (χ0n) is 19.0. The molecule has 3 rings (SSSR count). The van der Waals surface area contributed by atoms with Gasteiger partial charge in [0.05, 0.1) is 16.0 Å². The standard InChI is InChI=1S/C24H17BrIN3O7S/c1-2-35-22-13-15(11-16(14-27)24(30)28-18-5-3-17(26)4-6-18)12-21(25)23(22)36-37(33,34)20-9-7-19(8-10-20)29(31)32/h3-13H,2H2,1H3,(H,28,30)/b16-11-. The van der Waals surface area contributed by atoms with Crippen LogP contribution < -0.4 is 14.2 Å². The van der Waals surface area contributed by atoms with E-state index < -0.39 is 20.9 Å². The summed E-state index contributed by atoms with van der Waals surface area (Å²) in [5.41, 5.74) is 0.415. The lowest BCUT2D eigenvalue weighted by atomic mass is 10.1. The number of halogens is 2. The lowest BCUT2D eigenvalue weighted by molar-refractivity contribution is -0.384. The van der Waals surface area contributed by atoms with Gasteiger partial charge >= 0.3 is 10.1 Å². The number of non-ortho nitro benzene ring substituents is 1. The van der Waals surface area contributed by atoms with Crippen molar-refractivity contribution in [2.45, 2.75) is 11.8 Å². The number of ether oxygens (including phenoxy) is 1. The van der Waals surface area contributed by atoms with Crippen molar-refractivity contribution < 1.29 is 27.1 Å². The van der Waals surface area contributed by atoms with E-state index in [1.165, 1.54) is 18.2 Å². The maximum atomic E-state index is 12.8. The van der Waals surface area contributed by atoms with Crippen molar-refractivity contribution in [1.82, 2.24) is 0 Å². The van der Waals surface area contributed by atoms with E-state index in [0.717, 1.165) is 27.8 Å². The smallest absolute Gasteiger partial charge is 0.339 e. The number of anilines is 1. The van der Waals surface area contributed by atoms with Gasteiger partial charge in [-0.25, -0.2) is 0 Å². The summed E-state index contributed by atoms with van der Waals surface area (Å²) in [5, 5.41) is 23.0. The molecule has 0 saturated heterocycles. The molecule has 0 aliphatic rings. The Balaban J connectivity index is 1.92. The van der Waals surface area contributed by atoms with Gasteiger partial charge in [0.15, 0.2) is 11.5 Å². The molecule has 1 N–H and O–H groups in total. The third-order valence-electron chi connectivity index (χ3n) is 4.64. The summed E-state index contributed by atoms with van der Waals surface area (Å²) < 4.78 is 37.6. The maximum Gasteiger partial charge on any atom is 0.339 e. The molecular weight excluding hydrogens is 681 g/mol. The van der Waals surface area contributed by atoms with Crippen LogP contribution in [0.3, 0.4) is 0 Å². The highest BCUT2D eigenvalue weighted by atomic mass is 127. The topological polar surface area (TPSA) is 149 Å². The zero-order valence-corrected chi connectivity index (χ0v) is 23.5. The van der Waals surface area contributed by atoms with Gasteiger partial charge < -0.3 is 14.2 Å². The number of nitro groups is 1. The summed E-state index contributed by atoms with van der Waals surface area (Å²) in [6.45, 7) is 1.84. The molecule has 0 saturated carbocycles. The minimum Gasteiger partial charge on any atom is -0.490 e. The largest absolute Gasteiger partial charge is 0.490 e. The lowest BCUT2D eigenvalue weighted by Crippen LogP contribution is -2.13. The SMILES string of the molecule is CCOc1cc(/C=C(/C#N)C(=O)Nc2ccc(I)cc2)cc(Br)c1OS(=O)(=O)c1ccc([N+](=O)[O-])cc1. The Hall–Kier alpha value is -3.48. The van der Waals surface area contributed by atoms with Gasteiger partial charge in [-0.1, -0.05) is 0 Å². The molecule has 0 aliphatic carbocycles. The Morgan fingerprint density at radius 2 is 1.84 bits per heavy atom. The fraction of sp³-hybridized carbons (Fsp3) is 0.0833. The fourth-order valence-corrected chi connectivity index (χ4v) is 4.92. The van der Waals surface area contributed by atoms with Crippen LogP contribution in [0.1, 0.15) is 12.5 Å². The van der Waals surface area contributed by atoms with Crippen LogP contribution in [0.15, 0.2) is 75.6 Å². The van der Waals surface area contributed by atoms with Crippen LogP contribution in [-0.2, 0) is 14.9 Å². The van der Waals surface area contributed by atoms with Crippen molar-refractivity contribution in [3.05, 3.63) is 90.0 Å². The van der Waals surface area contributed by atoms with E-state index in [-0.39, 0.29) is 38.7 Å². The van der Waals surface area contributed by atoms with Gasteiger partial charge in [0.1, 0.15) is 16.5 Å². The van der Waals surface area contributed by atoms with Crippen molar-refractivity contribution in [2.75, 3.05) is 11.9 Å². The minimum atomic E-state index is -4.38. The van der Waals surface area contributed by atoms with Crippen LogP contribution in [0.4, 0.5) is 11.4 Å². The third kappa shape index (κ3) is 7.28. The summed E-state index contributed by atoms with van der Waals surface area (Å²) in [4.78, 5) is 22.5. The van der Waals surface area contributed by atoms with E-state index in [1.807, 2.05) is 6.07 Å². The van der Waals surface area contributed by atoms with Crippen molar-refractivity contribution >= 4 is 72.0 Å². The zero-order chi connectivity index (χ0) is 27.2. The number of nitriles is 1. The molecular formula is C24H17BrIN3O7S. The second-order valence-corrected chi connectivity index (χ2v) is 10.8. The number of nitrogens with zero attached hydrogens (tertiary/aromatic N) is 2. The highest BCUT2D eigenvalue weighted by Crippen LogP contribution is 2.39. The van der Waals surface area contributed by atoms with Crippen LogP contribution in [0.2, 0.25) is 0 Å². The maximum absolute atomic E-state index is 12.8. The van der Waals surface area contributed by atoms with E-state index >= 15 is 0 Å². The molecule has 190 valence electrons. The first kappa shape index (κ1) is 28.1. The van der Waals surface area contributed by atoms with E-state index in [1.54, 1.807) is 31.2 Å². The molecule has 0 spiro atoms. The molecule has 0 aliphatic heterocycles. The Kier molecular flexibility index (Phi) is 9.24. The third-order valence-corrected chi connectivity index (χ3v) is 7.18. The molecule has 0 radical (unpaired) electrons. The Morgan fingerprint density at radius 3 is 2.41 bits per heavy atom. The molecule has 0 atom stereocenters. The number of benzene rings is 3. The van der Waals surface area contributed by atoms with Crippen molar-refractivity contribution in [3.8, 4) is 17.6 Å². The number of nitrogens with one attached hydrogen (secondary N) is 1. The number of carbonyl (C=O) groups is 1. The number of nitro benzene ring substituents is 1. The second-order valence-electron chi connectivity index (χ2n) is 7.18. The molecule has 3 aromatic carbocycles. The normalized spacial score (nSPS) is 11.4. The van der Waals surface area contributed by atoms with E-state index in [2.05, 4.69) is 43.8 Å². The quantitative estimate of drug-likeness (QED) is 0.0751. The molecule has 0 heterocycles. The van der Waals surface area contributed by atoms with Gasteiger partial charge in [-0.2, -0.15) is 13.7 Å². The average Bonchev–Trinajstić information content (AvgIpc) is 2.86. The van der Waals surface area contributed by atoms with E-state index in [4.69, 9.17) is 8.92 Å². The molecule has 37 heavy (non-hydrogen) atoms. The summed E-state index contributed by atoms with van der Waals surface area (Å²) in [6, 6.07) is 16.0. The van der Waals surface area contributed by atoms with Crippen molar-refractivity contribution in [1.29, 1.82) is 5.26 Å². The minimum absolute atomic E-state index is 0.0314. The Labute approximate surface area is 234 Å². The molecule has 0 fully saturated rings. The molecule has 0 bridgehead atoms. The first-order chi connectivity index (χ1) is 17.5. The number of amides is 1. The van der Waals surface area contributed by atoms with Crippen LogP contribution in [-0.4, -0.2) is 25.9 Å². The van der Waals surface area contributed by atoms with Crippen LogP contribution in [0.5, 0.6) is 11.5 Å². The number of hydrogen-bond acceptors (Lipinski definition) is 8. The highest BCUT2D eigenvalue weighted by Gasteiger charge is 2.23. The van der Waals surface area contributed by atoms with Crippen LogP contribution >= 0.6 is 38.5 Å². The van der Waals surface area contributed by atoms with Gasteiger partial charge in [-0.3, -0.25) is 14.9 Å². The molecule has 0 unspecified atom stereocenters. The van der Waals surface area contributed by atoms with Crippen LogP contribution in [0, 0.1) is 25.0 Å². The lowest BCUT2D eigenvalue weighted by Gasteiger charge is -2.14. The molecule has 10 nitrogen and oxygen atoms in total. The number of hydrogen-bond donors (Lipinski definition) is 1. The molecule has 3 aromatic rings. The van der Waals surface area contributed by atoms with Gasteiger partial charge in [-0.15, -0.1) is 0 Å². The number of rotatable bonds is 9. The Bertz CT molecular complexity index is 1520. The summed E-state index contributed by atoms with van der Waals surface area (Å²) in [5.74, 6) is -0.762. The predicted molar refractivity (Wildman–Crippen MR) is 148 cm³/mol. The molecule has 0 aromatic heterocycles. The predicted octanol–water partition coefficient (Wildman–Crippen LogP) is 5.67. The first-order valence-corrected chi connectivity index (χ1v) is 13.7. The van der Waals surface area contributed by atoms with Gasteiger partial charge in [0, 0.05) is 21.4 Å². The second kappa shape index (κ2) is 12.2. The van der Waals surface area contributed by atoms with Crippen molar-refractivity contribution in [3.63, 3.8) is 0 Å². The highest BCUT2D eigenvalue weighted by molar-refractivity contribution is 14.1. The molecule has 1 amide bonds.